The summed E-state index contributed by atoms with van der Waals surface area (Å²) in [5, 5.41) is 9.48. The van der Waals surface area contributed by atoms with Crippen molar-refractivity contribution in [2.45, 2.75) is 57.6 Å². The van der Waals surface area contributed by atoms with Gasteiger partial charge in [-0.05, 0) is 38.5 Å². The molecule has 0 spiro atoms. The summed E-state index contributed by atoms with van der Waals surface area (Å²) in [5.41, 5.74) is 0. The van der Waals surface area contributed by atoms with Gasteiger partial charge in [-0.1, -0.05) is 12.8 Å². The Labute approximate surface area is 140 Å². The molecule has 0 aromatic heterocycles. The van der Waals surface area contributed by atoms with Gasteiger partial charge >= 0.3 is 0 Å². The highest BCUT2D eigenvalue weighted by Crippen LogP contribution is 2.35. The van der Waals surface area contributed by atoms with Gasteiger partial charge in [-0.25, -0.2) is 0 Å². The lowest BCUT2D eigenvalue weighted by molar-refractivity contribution is -0.139. The van der Waals surface area contributed by atoms with E-state index in [4.69, 9.17) is 0 Å². The van der Waals surface area contributed by atoms with Crippen molar-refractivity contribution < 1.29 is 9.90 Å². The molecule has 3 aliphatic rings. The van der Waals surface area contributed by atoms with Crippen LogP contribution in [0.5, 0.6) is 0 Å². The van der Waals surface area contributed by atoms with E-state index in [1.54, 1.807) is 0 Å². The predicted molar refractivity (Wildman–Crippen MR) is 91.3 cm³/mol. The lowest BCUT2D eigenvalue weighted by atomic mass is 9.78. The first kappa shape index (κ1) is 17.2. The highest BCUT2D eigenvalue weighted by molar-refractivity contribution is 5.78. The van der Waals surface area contributed by atoms with E-state index in [-0.39, 0.29) is 6.10 Å². The van der Waals surface area contributed by atoms with Crippen molar-refractivity contribution in [2.75, 3.05) is 45.8 Å². The first-order valence-electron chi connectivity index (χ1n) is 9.55. The number of aliphatic hydroxyl groups excluding tert-OH is 1. The van der Waals surface area contributed by atoms with Crippen molar-refractivity contribution in [3.8, 4) is 0 Å². The highest BCUT2D eigenvalue weighted by atomic mass is 16.3. The summed E-state index contributed by atoms with van der Waals surface area (Å²) in [6.45, 7) is 7.97. The molecule has 132 valence electrons. The molecule has 23 heavy (non-hydrogen) atoms. The monoisotopic (exact) mass is 323 g/mol. The number of hydrogen-bond donors (Lipinski definition) is 1. The molecule has 1 aliphatic carbocycles. The maximum Gasteiger partial charge on any atom is 0.237 e. The van der Waals surface area contributed by atoms with Crippen LogP contribution in [-0.2, 0) is 4.79 Å². The number of amides is 1. The minimum atomic E-state index is -0.264. The molecule has 2 aliphatic heterocycles. The maximum atomic E-state index is 12.8. The fourth-order valence-corrected chi connectivity index (χ4v) is 4.72. The van der Waals surface area contributed by atoms with Crippen molar-refractivity contribution in [1.82, 2.24) is 14.7 Å². The standard InChI is InChI=1S/C18H33N3O2/c1-15(22)13-19-9-11-20(12-10-19)14-18(23)21-8-4-6-16-5-2-3-7-17(16)21/h15-17,22H,2-14H2,1H3/t15-,16+,17-/m0/s1. The van der Waals surface area contributed by atoms with Crippen LogP contribution in [0.1, 0.15) is 45.4 Å². The van der Waals surface area contributed by atoms with Gasteiger partial charge in [0, 0.05) is 45.3 Å². The molecule has 1 amide bonds. The molecule has 3 rings (SSSR count). The normalized spacial score (nSPS) is 31.7. The molecule has 0 radical (unpaired) electrons. The molecule has 0 aromatic carbocycles. The SMILES string of the molecule is C[C@H](O)CN1CCN(CC(=O)N2CCC[C@H]3CCCC[C@@H]32)CC1. The topological polar surface area (TPSA) is 47.0 Å². The Kier molecular flexibility index (Phi) is 5.94. The zero-order valence-electron chi connectivity index (χ0n) is 14.6. The van der Waals surface area contributed by atoms with Crippen molar-refractivity contribution in [3.63, 3.8) is 0 Å². The van der Waals surface area contributed by atoms with Crippen LogP contribution < -0.4 is 0 Å². The second kappa shape index (κ2) is 7.95. The van der Waals surface area contributed by atoms with Gasteiger partial charge in [-0.3, -0.25) is 14.6 Å². The number of piperidine rings is 1. The van der Waals surface area contributed by atoms with Gasteiger partial charge in [-0.2, -0.15) is 0 Å². The second-order valence-corrected chi connectivity index (χ2v) is 7.77. The van der Waals surface area contributed by atoms with Crippen LogP contribution in [0.4, 0.5) is 0 Å². The number of fused-ring (bicyclic) bond motifs is 1. The number of aliphatic hydroxyl groups is 1. The number of piperazine rings is 1. The third-order valence-electron chi connectivity index (χ3n) is 5.91. The fourth-order valence-electron chi connectivity index (χ4n) is 4.72. The molecule has 0 aromatic rings. The van der Waals surface area contributed by atoms with Crippen molar-refractivity contribution in [2.24, 2.45) is 5.92 Å². The number of hydrogen-bond acceptors (Lipinski definition) is 4. The smallest absolute Gasteiger partial charge is 0.237 e. The van der Waals surface area contributed by atoms with Crippen molar-refractivity contribution >= 4 is 5.91 Å². The summed E-state index contributed by atoms with van der Waals surface area (Å²) < 4.78 is 0. The molecule has 2 heterocycles. The van der Waals surface area contributed by atoms with E-state index in [2.05, 4.69) is 14.7 Å². The number of rotatable bonds is 4. The Balaban J connectivity index is 1.47. The van der Waals surface area contributed by atoms with Crippen molar-refractivity contribution in [1.29, 1.82) is 0 Å². The number of likely N-dealkylation sites (tertiary alicyclic amines) is 1. The second-order valence-electron chi connectivity index (χ2n) is 7.77. The van der Waals surface area contributed by atoms with E-state index in [9.17, 15) is 9.90 Å². The quantitative estimate of drug-likeness (QED) is 0.844. The summed E-state index contributed by atoms with van der Waals surface area (Å²) >= 11 is 0. The van der Waals surface area contributed by atoms with Gasteiger partial charge in [-0.15, -0.1) is 0 Å². The Morgan fingerprint density at radius 1 is 1.00 bits per heavy atom. The van der Waals surface area contributed by atoms with E-state index in [1.807, 2.05) is 6.92 Å². The molecule has 1 N–H and O–H groups in total. The van der Waals surface area contributed by atoms with E-state index in [1.165, 1.54) is 38.5 Å². The van der Waals surface area contributed by atoms with Crippen LogP contribution in [0.3, 0.4) is 0 Å². The van der Waals surface area contributed by atoms with Crippen LogP contribution >= 0.6 is 0 Å². The molecule has 1 saturated carbocycles. The van der Waals surface area contributed by atoms with E-state index in [0.29, 0.717) is 18.5 Å². The maximum absolute atomic E-state index is 12.8. The third-order valence-corrected chi connectivity index (χ3v) is 5.91. The Morgan fingerprint density at radius 2 is 1.65 bits per heavy atom. The van der Waals surface area contributed by atoms with Crippen LogP contribution in [0.2, 0.25) is 0 Å². The number of β-amino-alcohol motifs (C(OH)–C–C–N with tert-alkyl or cyclic N) is 1. The molecule has 5 nitrogen and oxygen atoms in total. The molecular formula is C18H33N3O2. The Hall–Kier alpha value is -0.650. The summed E-state index contributed by atoms with van der Waals surface area (Å²) in [6, 6.07) is 0.529. The van der Waals surface area contributed by atoms with Gasteiger partial charge in [0.15, 0.2) is 0 Å². The summed E-state index contributed by atoms with van der Waals surface area (Å²) in [4.78, 5) is 19.6. The summed E-state index contributed by atoms with van der Waals surface area (Å²) in [6.07, 6.45) is 7.45. The average Bonchev–Trinajstić information content (AvgIpc) is 2.55. The molecule has 2 saturated heterocycles. The lowest BCUT2D eigenvalue weighted by Gasteiger charge is -2.45. The van der Waals surface area contributed by atoms with Crippen LogP contribution in [0.15, 0.2) is 0 Å². The molecule has 0 bridgehead atoms. The summed E-state index contributed by atoms with van der Waals surface area (Å²) in [7, 11) is 0. The zero-order chi connectivity index (χ0) is 16.2. The van der Waals surface area contributed by atoms with E-state index >= 15 is 0 Å². The van der Waals surface area contributed by atoms with Gasteiger partial charge in [0.25, 0.3) is 0 Å². The van der Waals surface area contributed by atoms with E-state index < -0.39 is 0 Å². The molecule has 3 fully saturated rings. The van der Waals surface area contributed by atoms with Gasteiger partial charge in [0.1, 0.15) is 0 Å². The van der Waals surface area contributed by atoms with E-state index in [0.717, 1.165) is 45.2 Å². The Morgan fingerprint density at radius 3 is 2.39 bits per heavy atom. The first-order valence-corrected chi connectivity index (χ1v) is 9.55. The molecule has 5 heteroatoms. The van der Waals surface area contributed by atoms with Crippen LogP contribution in [0, 0.1) is 5.92 Å². The first-order chi connectivity index (χ1) is 11.1. The van der Waals surface area contributed by atoms with Gasteiger partial charge < -0.3 is 10.0 Å². The summed E-state index contributed by atoms with van der Waals surface area (Å²) in [5.74, 6) is 1.12. The fraction of sp³-hybridized carbons (Fsp3) is 0.944. The number of carbonyl (C=O) groups is 1. The zero-order valence-corrected chi connectivity index (χ0v) is 14.6. The Bertz CT molecular complexity index is 392. The third kappa shape index (κ3) is 4.46. The van der Waals surface area contributed by atoms with Crippen molar-refractivity contribution in [3.05, 3.63) is 0 Å². The largest absolute Gasteiger partial charge is 0.392 e. The predicted octanol–water partition coefficient (Wildman–Crippen LogP) is 1.17. The minimum Gasteiger partial charge on any atom is -0.392 e. The van der Waals surface area contributed by atoms with Crippen LogP contribution in [0.25, 0.3) is 0 Å². The molecule has 3 atom stereocenters. The molecule has 0 unspecified atom stereocenters. The highest BCUT2D eigenvalue weighted by Gasteiger charge is 2.36. The van der Waals surface area contributed by atoms with Crippen LogP contribution in [-0.4, -0.2) is 83.7 Å². The number of carbonyl (C=O) groups excluding carboxylic acids is 1. The molecular weight excluding hydrogens is 290 g/mol. The van der Waals surface area contributed by atoms with Gasteiger partial charge in [0.05, 0.1) is 12.6 Å². The number of nitrogens with zero attached hydrogens (tertiary/aromatic N) is 3. The van der Waals surface area contributed by atoms with Gasteiger partial charge in [0.2, 0.25) is 5.91 Å². The lowest BCUT2D eigenvalue weighted by Crippen LogP contribution is -2.55. The minimum absolute atomic E-state index is 0.264. The average molecular weight is 323 g/mol.